The van der Waals surface area contributed by atoms with E-state index in [1.807, 2.05) is 6.92 Å². The first kappa shape index (κ1) is 11.9. The smallest absolute Gasteiger partial charge is 0.346 e. The minimum atomic E-state index is -0.904. The molecule has 18 heavy (non-hydrogen) atoms. The van der Waals surface area contributed by atoms with E-state index in [4.69, 9.17) is 9.84 Å². The van der Waals surface area contributed by atoms with E-state index in [9.17, 15) is 4.79 Å². The number of aromatic nitrogens is 2. The quantitative estimate of drug-likeness (QED) is 0.870. The summed E-state index contributed by atoms with van der Waals surface area (Å²) in [5.74, 6) is -0.904. The lowest BCUT2D eigenvalue weighted by atomic mass is 10.2. The molecular formula is C11H10N2O3S2. The Balaban J connectivity index is 2.10. The molecule has 0 bridgehead atoms. The van der Waals surface area contributed by atoms with Gasteiger partial charge in [-0.1, -0.05) is 11.8 Å². The van der Waals surface area contributed by atoms with Crippen molar-refractivity contribution in [3.8, 4) is 0 Å². The topological polar surface area (TPSA) is 72.3 Å². The highest BCUT2D eigenvalue weighted by Crippen LogP contribution is 2.37. The lowest BCUT2D eigenvalue weighted by Gasteiger charge is -2.24. The summed E-state index contributed by atoms with van der Waals surface area (Å²) in [5.41, 5.74) is 0.755. The third kappa shape index (κ3) is 1.88. The number of rotatable bonds is 3. The molecule has 2 aromatic heterocycles. The van der Waals surface area contributed by atoms with Gasteiger partial charge in [-0.2, -0.15) is 0 Å². The summed E-state index contributed by atoms with van der Waals surface area (Å²) in [7, 11) is 0. The Morgan fingerprint density at radius 1 is 1.56 bits per heavy atom. The van der Waals surface area contributed by atoms with E-state index in [1.165, 1.54) is 17.7 Å². The van der Waals surface area contributed by atoms with Crippen molar-refractivity contribution in [2.24, 2.45) is 0 Å². The van der Waals surface area contributed by atoms with Crippen molar-refractivity contribution in [3.63, 3.8) is 0 Å². The van der Waals surface area contributed by atoms with Crippen LogP contribution in [0.4, 0.5) is 0 Å². The molecule has 0 amide bonds. The zero-order valence-corrected chi connectivity index (χ0v) is 11.2. The highest BCUT2D eigenvalue weighted by atomic mass is 32.2. The van der Waals surface area contributed by atoms with Gasteiger partial charge in [0.1, 0.15) is 21.1 Å². The predicted octanol–water partition coefficient (Wildman–Crippen LogP) is 2.19. The number of hydrogen-bond donors (Lipinski definition) is 1. The molecule has 0 aromatic carbocycles. The maximum atomic E-state index is 11.1. The van der Waals surface area contributed by atoms with Crippen LogP contribution in [0, 0.1) is 6.92 Å². The lowest BCUT2D eigenvalue weighted by molar-refractivity contribution is 0.0455. The van der Waals surface area contributed by atoms with E-state index in [0.717, 1.165) is 34.0 Å². The van der Waals surface area contributed by atoms with Crippen LogP contribution in [0.2, 0.25) is 0 Å². The number of carbonyl (C=O) groups is 1. The number of carboxylic acid groups (broad SMARTS) is 1. The van der Waals surface area contributed by atoms with Crippen LogP contribution in [-0.2, 0) is 4.74 Å². The second kappa shape index (κ2) is 4.49. The average Bonchev–Trinajstić information content (AvgIpc) is 2.62. The summed E-state index contributed by atoms with van der Waals surface area (Å²) in [6.07, 6.45) is 1.49. The summed E-state index contributed by atoms with van der Waals surface area (Å²) in [6.45, 7) is 3.27. The summed E-state index contributed by atoms with van der Waals surface area (Å²) in [4.78, 5) is 20.6. The number of thiophene rings is 1. The number of aromatic carboxylic acids is 1. The second-order valence-corrected chi connectivity index (χ2v) is 6.29. The molecule has 0 saturated carbocycles. The Labute approximate surface area is 111 Å². The van der Waals surface area contributed by atoms with Crippen molar-refractivity contribution in [2.75, 3.05) is 13.2 Å². The Morgan fingerprint density at radius 2 is 2.33 bits per heavy atom. The van der Waals surface area contributed by atoms with Gasteiger partial charge in [-0.15, -0.1) is 11.3 Å². The molecule has 7 heteroatoms. The third-order valence-corrected chi connectivity index (χ3v) is 5.10. The first-order valence-electron chi connectivity index (χ1n) is 5.38. The van der Waals surface area contributed by atoms with E-state index in [0.29, 0.717) is 10.1 Å². The van der Waals surface area contributed by atoms with E-state index in [2.05, 4.69) is 9.97 Å². The lowest BCUT2D eigenvalue weighted by Crippen LogP contribution is -2.30. The molecule has 2 aromatic rings. The number of fused-ring (bicyclic) bond motifs is 1. The van der Waals surface area contributed by atoms with E-state index < -0.39 is 5.97 Å². The fraction of sp³-hybridized carbons (Fsp3) is 0.364. The fourth-order valence-corrected chi connectivity index (χ4v) is 3.94. The second-order valence-electron chi connectivity index (χ2n) is 4.00. The molecule has 1 saturated heterocycles. The monoisotopic (exact) mass is 282 g/mol. The van der Waals surface area contributed by atoms with Gasteiger partial charge in [0.05, 0.1) is 18.5 Å². The molecular weight excluding hydrogens is 272 g/mol. The van der Waals surface area contributed by atoms with Gasteiger partial charge in [0.2, 0.25) is 0 Å². The van der Waals surface area contributed by atoms with Crippen LogP contribution < -0.4 is 0 Å². The van der Waals surface area contributed by atoms with Crippen molar-refractivity contribution in [3.05, 3.63) is 16.8 Å². The molecule has 1 fully saturated rings. The molecule has 1 aliphatic heterocycles. The van der Waals surface area contributed by atoms with Gasteiger partial charge in [0.25, 0.3) is 0 Å². The van der Waals surface area contributed by atoms with Crippen LogP contribution in [-0.4, -0.2) is 39.5 Å². The van der Waals surface area contributed by atoms with Gasteiger partial charge in [0, 0.05) is 5.39 Å². The first-order valence-corrected chi connectivity index (χ1v) is 7.08. The van der Waals surface area contributed by atoms with Crippen molar-refractivity contribution < 1.29 is 14.6 Å². The molecule has 1 N–H and O–H groups in total. The van der Waals surface area contributed by atoms with Gasteiger partial charge in [-0.25, -0.2) is 14.8 Å². The first-order chi connectivity index (χ1) is 8.66. The van der Waals surface area contributed by atoms with E-state index in [-0.39, 0.29) is 0 Å². The number of carboxylic acids is 1. The van der Waals surface area contributed by atoms with Crippen LogP contribution >= 0.6 is 23.1 Å². The molecule has 1 aliphatic rings. The van der Waals surface area contributed by atoms with Crippen molar-refractivity contribution >= 4 is 39.3 Å². The number of ether oxygens (including phenoxy) is 1. The number of nitrogens with zero attached hydrogens (tertiary/aromatic N) is 2. The van der Waals surface area contributed by atoms with Crippen LogP contribution in [0.5, 0.6) is 0 Å². The molecule has 3 rings (SSSR count). The summed E-state index contributed by atoms with van der Waals surface area (Å²) in [6, 6.07) is 0. The van der Waals surface area contributed by atoms with Crippen LogP contribution in [0.15, 0.2) is 11.4 Å². The molecule has 0 aliphatic carbocycles. The van der Waals surface area contributed by atoms with Crippen molar-refractivity contribution in [1.29, 1.82) is 0 Å². The minimum absolute atomic E-state index is 0.345. The molecule has 0 spiro atoms. The molecule has 3 heterocycles. The molecule has 5 nitrogen and oxygen atoms in total. The van der Waals surface area contributed by atoms with Gasteiger partial charge < -0.3 is 9.84 Å². The fourth-order valence-electron chi connectivity index (χ4n) is 1.77. The summed E-state index contributed by atoms with van der Waals surface area (Å²) in [5, 5.41) is 11.3. The van der Waals surface area contributed by atoms with Crippen molar-refractivity contribution in [2.45, 2.75) is 17.2 Å². The van der Waals surface area contributed by atoms with Gasteiger partial charge >= 0.3 is 5.97 Å². The van der Waals surface area contributed by atoms with Crippen LogP contribution in [0.25, 0.3) is 10.2 Å². The minimum Gasteiger partial charge on any atom is -0.477 e. The molecule has 0 unspecified atom stereocenters. The zero-order valence-electron chi connectivity index (χ0n) is 9.54. The highest BCUT2D eigenvalue weighted by molar-refractivity contribution is 8.00. The largest absolute Gasteiger partial charge is 0.477 e. The normalized spacial score (nSPS) is 15.8. The van der Waals surface area contributed by atoms with Crippen LogP contribution in [0.1, 0.15) is 15.2 Å². The van der Waals surface area contributed by atoms with E-state index in [1.54, 1.807) is 11.8 Å². The van der Waals surface area contributed by atoms with E-state index >= 15 is 0 Å². The summed E-state index contributed by atoms with van der Waals surface area (Å²) >= 11 is 2.84. The summed E-state index contributed by atoms with van der Waals surface area (Å²) < 4.78 is 5.14. The van der Waals surface area contributed by atoms with Gasteiger partial charge in [-0.3, -0.25) is 0 Å². The van der Waals surface area contributed by atoms with Crippen molar-refractivity contribution in [1.82, 2.24) is 9.97 Å². The Bertz CT molecular complexity index is 622. The predicted molar refractivity (Wildman–Crippen MR) is 69.6 cm³/mol. The maximum absolute atomic E-state index is 11.1. The number of thioether (sulfide) groups is 1. The standard InChI is InChI=1S/C11H10N2O3S2/c1-5-7-9(17-6-2-16-3-6)12-4-13-10(7)18-8(5)11(14)15/h4,6H,2-3H2,1H3,(H,14,15). The SMILES string of the molecule is Cc1c(C(=O)O)sc2ncnc(SC3COC3)c12. The van der Waals surface area contributed by atoms with Gasteiger partial charge in [-0.05, 0) is 12.5 Å². The van der Waals surface area contributed by atoms with Gasteiger partial charge in [0.15, 0.2) is 0 Å². The maximum Gasteiger partial charge on any atom is 0.346 e. The Morgan fingerprint density at radius 3 is 2.94 bits per heavy atom. The average molecular weight is 282 g/mol. The molecule has 94 valence electrons. The molecule has 0 atom stereocenters. The number of hydrogen-bond acceptors (Lipinski definition) is 6. The molecule has 0 radical (unpaired) electrons. The number of aryl methyl sites for hydroxylation is 1. The highest BCUT2D eigenvalue weighted by Gasteiger charge is 2.24. The Kier molecular flexibility index (Phi) is 2.96. The zero-order chi connectivity index (χ0) is 12.7. The third-order valence-electron chi connectivity index (χ3n) is 2.77. The van der Waals surface area contributed by atoms with Crippen LogP contribution in [0.3, 0.4) is 0 Å². The Hall–Kier alpha value is -1.18.